The van der Waals surface area contributed by atoms with Gasteiger partial charge in [-0.2, -0.15) is 0 Å². The van der Waals surface area contributed by atoms with Crippen LogP contribution in [0.25, 0.3) is 0 Å². The molecule has 20 heavy (non-hydrogen) atoms. The van der Waals surface area contributed by atoms with Crippen molar-refractivity contribution in [1.29, 1.82) is 0 Å². The molecule has 1 amide bonds. The van der Waals surface area contributed by atoms with Crippen molar-refractivity contribution >= 4 is 23.1 Å². The molecule has 2 rings (SSSR count). The Hall–Kier alpha value is -2.30. The van der Waals surface area contributed by atoms with Gasteiger partial charge in [-0.15, -0.1) is 5.10 Å². The molecule has 2 aromatic rings. The monoisotopic (exact) mass is 291 g/mol. The summed E-state index contributed by atoms with van der Waals surface area (Å²) in [5.41, 5.74) is 0.710. The smallest absolute Gasteiger partial charge is 0.277 e. The third kappa shape index (κ3) is 3.60. The normalized spacial score (nSPS) is 9.70. The van der Waals surface area contributed by atoms with Crippen molar-refractivity contribution in [2.24, 2.45) is 0 Å². The zero-order valence-electron chi connectivity index (χ0n) is 10.3. The van der Waals surface area contributed by atoms with Crippen molar-refractivity contribution < 1.29 is 14.3 Å². The van der Waals surface area contributed by atoms with E-state index in [4.69, 9.17) is 5.11 Å². The van der Waals surface area contributed by atoms with Gasteiger partial charge in [-0.25, -0.2) is 4.39 Å². The molecule has 0 saturated heterocycles. The van der Waals surface area contributed by atoms with Crippen LogP contribution in [0.3, 0.4) is 0 Å². The Labute approximate surface area is 118 Å². The van der Waals surface area contributed by atoms with E-state index in [0.29, 0.717) is 5.69 Å². The van der Waals surface area contributed by atoms with E-state index in [1.54, 1.807) is 6.07 Å². The van der Waals surface area contributed by atoms with Gasteiger partial charge in [0.2, 0.25) is 0 Å². The number of amides is 1. The minimum absolute atomic E-state index is 0.0650. The largest absolute Gasteiger partial charge is 0.395 e. The molecule has 0 aliphatic heterocycles. The maximum absolute atomic E-state index is 13.7. The van der Waals surface area contributed by atoms with Crippen LogP contribution < -0.4 is 5.32 Å². The number of halogens is 1. The second kappa shape index (κ2) is 6.75. The Balaban J connectivity index is 2.10. The fourth-order valence-corrected chi connectivity index (χ4v) is 1.80. The molecule has 0 radical (unpaired) electrons. The molecule has 7 heteroatoms. The predicted molar refractivity (Wildman–Crippen MR) is 72.8 cm³/mol. The molecule has 0 saturated carbocycles. The molecular weight excluding hydrogens is 281 g/mol. The SMILES string of the molecule is O=C(Nc1ccc(C#CCCO)c(F)c1)c1csnn1. The van der Waals surface area contributed by atoms with Crippen molar-refractivity contribution in [3.8, 4) is 11.8 Å². The molecule has 1 aromatic heterocycles. The highest BCUT2D eigenvalue weighted by molar-refractivity contribution is 7.03. The molecule has 0 aliphatic carbocycles. The maximum atomic E-state index is 13.7. The van der Waals surface area contributed by atoms with Crippen LogP contribution in [0.1, 0.15) is 22.5 Å². The zero-order valence-corrected chi connectivity index (χ0v) is 11.1. The van der Waals surface area contributed by atoms with Gasteiger partial charge in [-0.3, -0.25) is 4.79 Å². The summed E-state index contributed by atoms with van der Waals surface area (Å²) < 4.78 is 17.3. The Morgan fingerprint density at radius 1 is 1.50 bits per heavy atom. The number of aliphatic hydroxyl groups excluding tert-OH is 1. The summed E-state index contributed by atoms with van der Waals surface area (Å²) in [5, 5.41) is 16.2. The van der Waals surface area contributed by atoms with E-state index in [9.17, 15) is 9.18 Å². The van der Waals surface area contributed by atoms with Crippen LogP contribution in [0.4, 0.5) is 10.1 Å². The van der Waals surface area contributed by atoms with Gasteiger partial charge in [0.1, 0.15) is 5.82 Å². The molecule has 0 unspecified atom stereocenters. The van der Waals surface area contributed by atoms with Gasteiger partial charge in [-0.1, -0.05) is 16.3 Å². The minimum Gasteiger partial charge on any atom is -0.395 e. The van der Waals surface area contributed by atoms with E-state index in [2.05, 4.69) is 26.7 Å². The highest BCUT2D eigenvalue weighted by Crippen LogP contribution is 2.14. The lowest BCUT2D eigenvalue weighted by molar-refractivity contribution is 0.102. The van der Waals surface area contributed by atoms with E-state index in [1.165, 1.54) is 17.5 Å². The van der Waals surface area contributed by atoms with E-state index >= 15 is 0 Å². The molecule has 0 atom stereocenters. The van der Waals surface area contributed by atoms with Gasteiger partial charge >= 0.3 is 0 Å². The number of carbonyl (C=O) groups excluding carboxylic acids is 1. The van der Waals surface area contributed by atoms with Crippen LogP contribution in [0.15, 0.2) is 23.6 Å². The van der Waals surface area contributed by atoms with Crippen LogP contribution in [0.2, 0.25) is 0 Å². The Morgan fingerprint density at radius 2 is 2.35 bits per heavy atom. The van der Waals surface area contributed by atoms with Gasteiger partial charge < -0.3 is 10.4 Å². The number of nitrogens with one attached hydrogen (secondary N) is 1. The first-order chi connectivity index (χ1) is 9.70. The van der Waals surface area contributed by atoms with Gasteiger partial charge in [0.25, 0.3) is 5.91 Å². The van der Waals surface area contributed by atoms with Crippen molar-refractivity contribution in [3.05, 3.63) is 40.7 Å². The first-order valence-electron chi connectivity index (χ1n) is 5.68. The summed E-state index contributed by atoms with van der Waals surface area (Å²) in [5.74, 6) is 4.25. The second-order valence-electron chi connectivity index (χ2n) is 3.71. The van der Waals surface area contributed by atoms with E-state index < -0.39 is 11.7 Å². The summed E-state index contributed by atoms with van der Waals surface area (Å²) in [6.45, 7) is -0.0650. The summed E-state index contributed by atoms with van der Waals surface area (Å²) in [4.78, 5) is 11.7. The Kier molecular flexibility index (Phi) is 4.76. The first-order valence-corrected chi connectivity index (χ1v) is 6.52. The van der Waals surface area contributed by atoms with Crippen molar-refractivity contribution in [2.45, 2.75) is 6.42 Å². The zero-order chi connectivity index (χ0) is 14.4. The second-order valence-corrected chi connectivity index (χ2v) is 4.32. The number of hydrogen-bond donors (Lipinski definition) is 2. The van der Waals surface area contributed by atoms with Gasteiger partial charge in [-0.05, 0) is 29.7 Å². The average molecular weight is 291 g/mol. The predicted octanol–water partition coefficient (Wildman–Crippen LogP) is 1.66. The number of aromatic nitrogens is 2. The quantitative estimate of drug-likeness (QED) is 0.843. The Morgan fingerprint density at radius 3 is 3.00 bits per heavy atom. The van der Waals surface area contributed by atoms with Crippen molar-refractivity contribution in [1.82, 2.24) is 9.59 Å². The number of benzene rings is 1. The number of carbonyl (C=O) groups is 1. The van der Waals surface area contributed by atoms with Gasteiger partial charge in [0.15, 0.2) is 5.69 Å². The summed E-state index contributed by atoms with van der Waals surface area (Å²) >= 11 is 1.06. The fourth-order valence-electron chi connectivity index (χ4n) is 1.37. The number of hydrogen-bond acceptors (Lipinski definition) is 5. The highest BCUT2D eigenvalue weighted by Gasteiger charge is 2.10. The van der Waals surface area contributed by atoms with Crippen LogP contribution in [0.5, 0.6) is 0 Å². The molecule has 0 bridgehead atoms. The molecule has 0 spiro atoms. The highest BCUT2D eigenvalue weighted by atomic mass is 32.1. The van der Waals surface area contributed by atoms with E-state index in [0.717, 1.165) is 11.5 Å². The van der Waals surface area contributed by atoms with E-state index in [1.807, 2.05) is 0 Å². The molecule has 0 fully saturated rings. The molecule has 1 heterocycles. The summed E-state index contributed by atoms with van der Waals surface area (Å²) in [7, 11) is 0. The van der Waals surface area contributed by atoms with Crippen molar-refractivity contribution in [3.63, 3.8) is 0 Å². The Bertz CT molecular complexity index is 662. The van der Waals surface area contributed by atoms with Gasteiger partial charge in [0, 0.05) is 17.5 Å². The number of anilines is 1. The number of rotatable bonds is 3. The molecule has 1 aromatic carbocycles. The number of nitrogens with zero attached hydrogens (tertiary/aromatic N) is 2. The number of aliphatic hydroxyl groups is 1. The molecule has 0 aliphatic rings. The molecule has 5 nitrogen and oxygen atoms in total. The van der Waals surface area contributed by atoms with E-state index in [-0.39, 0.29) is 24.3 Å². The summed E-state index contributed by atoms with van der Waals surface area (Å²) in [6.07, 6.45) is 0.286. The van der Waals surface area contributed by atoms with Crippen LogP contribution in [-0.2, 0) is 0 Å². The first kappa shape index (κ1) is 14.1. The maximum Gasteiger partial charge on any atom is 0.277 e. The molecule has 2 N–H and O–H groups in total. The third-order valence-electron chi connectivity index (χ3n) is 2.28. The summed E-state index contributed by atoms with van der Waals surface area (Å²) in [6, 6.07) is 4.19. The molecule has 102 valence electrons. The topological polar surface area (TPSA) is 75.1 Å². The fraction of sp³-hybridized carbons (Fsp3) is 0.154. The minimum atomic E-state index is -0.537. The lowest BCUT2D eigenvalue weighted by Gasteiger charge is -2.03. The molecular formula is C13H10FN3O2S. The van der Waals surface area contributed by atoms with Crippen LogP contribution >= 0.6 is 11.5 Å². The average Bonchev–Trinajstić information content (AvgIpc) is 2.95. The van der Waals surface area contributed by atoms with Gasteiger partial charge in [0.05, 0.1) is 12.2 Å². The van der Waals surface area contributed by atoms with Crippen LogP contribution in [0, 0.1) is 17.7 Å². The van der Waals surface area contributed by atoms with Crippen molar-refractivity contribution in [2.75, 3.05) is 11.9 Å². The lowest BCUT2D eigenvalue weighted by Crippen LogP contribution is -2.12. The van der Waals surface area contributed by atoms with Crippen LogP contribution in [-0.4, -0.2) is 27.2 Å². The lowest BCUT2D eigenvalue weighted by atomic mass is 10.2. The standard InChI is InChI=1S/C13H10FN3O2S/c14-11-7-10(5-4-9(11)3-1-2-6-18)15-13(19)12-8-20-17-16-12/h4-5,7-8,18H,2,6H2,(H,15,19). The third-order valence-corrected chi connectivity index (χ3v) is 2.78.